The van der Waals surface area contributed by atoms with Crippen molar-refractivity contribution in [3.8, 4) is 0 Å². The summed E-state index contributed by atoms with van der Waals surface area (Å²) in [5, 5.41) is 10.5. The van der Waals surface area contributed by atoms with Crippen LogP contribution in [0.2, 0.25) is 0 Å². The first kappa shape index (κ1) is 12.7. The minimum Gasteiger partial charge on any atom is -0.480 e. The van der Waals surface area contributed by atoms with E-state index in [0.29, 0.717) is 6.42 Å². The fourth-order valence-corrected chi connectivity index (χ4v) is 3.20. The lowest BCUT2D eigenvalue weighted by Gasteiger charge is -2.37. The number of carbonyl (C=O) groups excluding carboxylic acids is 1. The minimum atomic E-state index is -0.956. The fraction of sp³-hybridized carbons (Fsp3) is 0.333. The molecule has 2 atom stereocenters. The van der Waals surface area contributed by atoms with E-state index >= 15 is 0 Å². The van der Waals surface area contributed by atoms with E-state index in [1.165, 1.54) is 11.8 Å². The maximum Gasteiger partial charge on any atom is 0.326 e. The minimum absolute atomic E-state index is 0.214. The van der Waals surface area contributed by atoms with Crippen molar-refractivity contribution < 1.29 is 14.7 Å². The molecular weight excluding hydrogens is 256 g/mol. The third-order valence-corrected chi connectivity index (χ3v) is 4.06. The third kappa shape index (κ3) is 1.70. The van der Waals surface area contributed by atoms with Crippen molar-refractivity contribution in [1.82, 2.24) is 9.88 Å². The van der Waals surface area contributed by atoms with Gasteiger partial charge in [0.1, 0.15) is 6.04 Å². The van der Waals surface area contributed by atoms with Gasteiger partial charge < -0.3 is 15.0 Å². The van der Waals surface area contributed by atoms with E-state index in [4.69, 9.17) is 0 Å². The molecule has 3 rings (SSSR count). The average Bonchev–Trinajstić information content (AvgIpc) is 2.77. The Balaban J connectivity index is 2.20. The highest BCUT2D eigenvalue weighted by molar-refractivity contribution is 5.89. The zero-order valence-electron chi connectivity index (χ0n) is 11.4. The van der Waals surface area contributed by atoms with Crippen LogP contribution in [0.1, 0.15) is 31.1 Å². The van der Waals surface area contributed by atoms with Gasteiger partial charge in [0.05, 0.1) is 6.04 Å². The van der Waals surface area contributed by atoms with Crippen LogP contribution in [0.4, 0.5) is 0 Å². The summed E-state index contributed by atoms with van der Waals surface area (Å²) >= 11 is 0. The SMILES string of the molecule is CC(=O)N1[C@@H](C(=O)O)Cc2c([nH]c3ccccc23)[C@H]1C. The molecule has 0 radical (unpaired) electrons. The average molecular weight is 272 g/mol. The zero-order valence-corrected chi connectivity index (χ0v) is 11.4. The molecule has 20 heavy (non-hydrogen) atoms. The van der Waals surface area contributed by atoms with Gasteiger partial charge in [0.15, 0.2) is 0 Å². The number of H-pyrrole nitrogens is 1. The lowest BCUT2D eigenvalue weighted by Crippen LogP contribution is -2.49. The van der Waals surface area contributed by atoms with Gasteiger partial charge in [0.25, 0.3) is 0 Å². The second-order valence-corrected chi connectivity index (χ2v) is 5.22. The maximum absolute atomic E-state index is 11.8. The molecule has 1 aromatic heterocycles. The van der Waals surface area contributed by atoms with Crippen molar-refractivity contribution in [2.75, 3.05) is 0 Å². The molecule has 104 valence electrons. The Kier molecular flexibility index (Phi) is 2.78. The van der Waals surface area contributed by atoms with E-state index in [1.54, 1.807) is 0 Å². The van der Waals surface area contributed by atoms with Gasteiger partial charge in [-0.3, -0.25) is 4.79 Å². The molecule has 0 bridgehead atoms. The second-order valence-electron chi connectivity index (χ2n) is 5.22. The summed E-state index contributed by atoms with van der Waals surface area (Å²) in [5.74, 6) is -1.17. The molecule has 2 aromatic rings. The molecule has 0 unspecified atom stereocenters. The van der Waals surface area contributed by atoms with Gasteiger partial charge >= 0.3 is 5.97 Å². The number of carboxylic acids is 1. The van der Waals surface area contributed by atoms with Crippen LogP contribution in [0.5, 0.6) is 0 Å². The molecule has 0 aliphatic carbocycles. The van der Waals surface area contributed by atoms with Crippen LogP contribution >= 0.6 is 0 Å². The van der Waals surface area contributed by atoms with Gasteiger partial charge in [-0.2, -0.15) is 0 Å². The smallest absolute Gasteiger partial charge is 0.326 e. The first-order valence-corrected chi connectivity index (χ1v) is 6.62. The van der Waals surface area contributed by atoms with Crippen molar-refractivity contribution in [3.05, 3.63) is 35.5 Å². The number of benzene rings is 1. The fourth-order valence-electron chi connectivity index (χ4n) is 3.20. The topological polar surface area (TPSA) is 73.4 Å². The predicted octanol–water partition coefficient (Wildman–Crippen LogP) is 2.09. The lowest BCUT2D eigenvalue weighted by atomic mass is 9.92. The van der Waals surface area contributed by atoms with Crippen LogP contribution in [0.3, 0.4) is 0 Å². The van der Waals surface area contributed by atoms with E-state index in [1.807, 2.05) is 31.2 Å². The van der Waals surface area contributed by atoms with Gasteiger partial charge in [-0.15, -0.1) is 0 Å². The highest BCUT2D eigenvalue weighted by Gasteiger charge is 2.39. The number of carboxylic acid groups (broad SMARTS) is 1. The summed E-state index contributed by atoms with van der Waals surface area (Å²) in [6.07, 6.45) is 0.346. The quantitative estimate of drug-likeness (QED) is 0.834. The molecule has 2 heterocycles. The molecule has 1 aromatic carbocycles. The highest BCUT2D eigenvalue weighted by Crippen LogP contribution is 2.36. The number of aliphatic carboxylic acids is 1. The molecule has 5 heteroatoms. The molecule has 1 amide bonds. The second kappa shape index (κ2) is 4.37. The van der Waals surface area contributed by atoms with Gasteiger partial charge in [0, 0.05) is 29.9 Å². The molecule has 0 spiro atoms. The van der Waals surface area contributed by atoms with Crippen LogP contribution < -0.4 is 0 Å². The number of rotatable bonds is 1. The van der Waals surface area contributed by atoms with Crippen molar-refractivity contribution >= 4 is 22.8 Å². The first-order valence-electron chi connectivity index (χ1n) is 6.62. The molecule has 0 fully saturated rings. The van der Waals surface area contributed by atoms with Crippen molar-refractivity contribution in [3.63, 3.8) is 0 Å². The maximum atomic E-state index is 11.8. The summed E-state index contributed by atoms with van der Waals surface area (Å²) in [6, 6.07) is 6.77. The summed E-state index contributed by atoms with van der Waals surface area (Å²) in [6.45, 7) is 3.28. The number of fused-ring (bicyclic) bond motifs is 3. The summed E-state index contributed by atoms with van der Waals surface area (Å²) in [4.78, 5) is 28.0. The van der Waals surface area contributed by atoms with Crippen LogP contribution in [-0.2, 0) is 16.0 Å². The van der Waals surface area contributed by atoms with Gasteiger partial charge in [-0.1, -0.05) is 18.2 Å². The van der Waals surface area contributed by atoms with Gasteiger partial charge in [-0.05, 0) is 18.6 Å². The lowest BCUT2D eigenvalue weighted by molar-refractivity contribution is -0.152. The van der Waals surface area contributed by atoms with Gasteiger partial charge in [-0.25, -0.2) is 4.79 Å². The molecular formula is C15H16N2O3. The number of para-hydroxylation sites is 1. The molecule has 5 nitrogen and oxygen atoms in total. The van der Waals surface area contributed by atoms with Crippen molar-refractivity contribution in [2.45, 2.75) is 32.4 Å². The normalized spacial score (nSPS) is 21.8. The van der Waals surface area contributed by atoms with Crippen LogP contribution in [0, 0.1) is 0 Å². The number of carbonyl (C=O) groups is 2. The standard InChI is InChI=1S/C15H16N2O3/c1-8-14-11(10-5-3-4-6-12(10)16-14)7-13(15(19)20)17(8)9(2)18/h3-6,8,13,16H,7H2,1-2H3,(H,19,20)/t8-,13-/m1/s1. The van der Waals surface area contributed by atoms with Gasteiger partial charge in [0.2, 0.25) is 5.91 Å². The van der Waals surface area contributed by atoms with E-state index in [9.17, 15) is 14.7 Å². The van der Waals surface area contributed by atoms with Crippen LogP contribution in [-0.4, -0.2) is 32.9 Å². The molecule has 0 saturated heterocycles. The Bertz CT molecular complexity index is 704. The summed E-state index contributed by atoms with van der Waals surface area (Å²) in [5.41, 5.74) is 2.94. The number of hydrogen-bond donors (Lipinski definition) is 2. The van der Waals surface area contributed by atoms with Crippen molar-refractivity contribution in [2.24, 2.45) is 0 Å². The Morgan fingerprint density at radius 3 is 2.70 bits per heavy atom. The van der Waals surface area contributed by atoms with E-state index in [2.05, 4.69) is 4.98 Å². The molecule has 0 saturated carbocycles. The molecule has 1 aliphatic rings. The molecule has 1 aliphatic heterocycles. The van der Waals surface area contributed by atoms with E-state index in [-0.39, 0.29) is 11.9 Å². The predicted molar refractivity (Wildman–Crippen MR) is 74.4 cm³/mol. The number of hydrogen-bond acceptors (Lipinski definition) is 2. The summed E-state index contributed by atoms with van der Waals surface area (Å²) < 4.78 is 0. The third-order valence-electron chi connectivity index (χ3n) is 4.06. The highest BCUT2D eigenvalue weighted by atomic mass is 16.4. The number of nitrogens with zero attached hydrogens (tertiary/aromatic N) is 1. The Morgan fingerprint density at radius 2 is 2.05 bits per heavy atom. The number of aromatic nitrogens is 1. The zero-order chi connectivity index (χ0) is 14.4. The Labute approximate surface area is 116 Å². The number of nitrogens with one attached hydrogen (secondary N) is 1. The van der Waals surface area contributed by atoms with Crippen LogP contribution in [0.15, 0.2) is 24.3 Å². The number of amides is 1. The summed E-state index contributed by atoms with van der Waals surface area (Å²) in [7, 11) is 0. The van der Waals surface area contributed by atoms with E-state index in [0.717, 1.165) is 22.2 Å². The number of aromatic amines is 1. The van der Waals surface area contributed by atoms with Crippen molar-refractivity contribution in [1.29, 1.82) is 0 Å². The monoisotopic (exact) mass is 272 g/mol. The first-order chi connectivity index (χ1) is 9.50. The largest absolute Gasteiger partial charge is 0.480 e. The molecule has 2 N–H and O–H groups in total. The van der Waals surface area contributed by atoms with Crippen LogP contribution in [0.25, 0.3) is 10.9 Å². The Hall–Kier alpha value is -2.30. The van der Waals surface area contributed by atoms with E-state index < -0.39 is 12.0 Å². The Morgan fingerprint density at radius 1 is 1.35 bits per heavy atom.